The zero-order chi connectivity index (χ0) is 23.7. The first-order chi connectivity index (χ1) is 16.5. The van der Waals surface area contributed by atoms with E-state index in [2.05, 4.69) is 15.2 Å². The first kappa shape index (κ1) is 22.6. The Morgan fingerprint density at radius 2 is 2.00 bits per heavy atom. The van der Waals surface area contributed by atoms with Crippen LogP contribution in [0.1, 0.15) is 31.1 Å². The average Bonchev–Trinajstić information content (AvgIpc) is 3.45. The maximum absolute atomic E-state index is 12.9. The lowest BCUT2D eigenvalue weighted by Crippen LogP contribution is -2.38. The van der Waals surface area contributed by atoms with Crippen molar-refractivity contribution in [3.8, 4) is 17.1 Å². The number of H-pyrrole nitrogens is 1. The fourth-order valence-electron chi connectivity index (χ4n) is 4.32. The van der Waals surface area contributed by atoms with Crippen LogP contribution in [-0.4, -0.2) is 50.8 Å². The van der Waals surface area contributed by atoms with E-state index in [9.17, 15) is 4.79 Å². The van der Waals surface area contributed by atoms with Crippen LogP contribution in [0.2, 0.25) is 5.02 Å². The SMILES string of the molecule is COc1ccc(-c2n[nH]c(=S)n2CCC(=O)N2CCC(c3nc4cc(Cl)ccc4o3)CC2)cc1. The van der Waals surface area contributed by atoms with Gasteiger partial charge in [0.25, 0.3) is 0 Å². The Balaban J connectivity index is 1.20. The molecule has 3 heterocycles. The van der Waals surface area contributed by atoms with Gasteiger partial charge in [0.2, 0.25) is 5.91 Å². The molecule has 5 rings (SSSR count). The van der Waals surface area contributed by atoms with Crippen molar-refractivity contribution in [3.05, 3.63) is 58.1 Å². The summed E-state index contributed by atoms with van der Waals surface area (Å²) < 4.78 is 13.5. The fraction of sp³-hybridized carbons (Fsp3) is 0.333. The van der Waals surface area contributed by atoms with Gasteiger partial charge in [0, 0.05) is 42.6 Å². The third-order valence-electron chi connectivity index (χ3n) is 6.22. The number of ether oxygens (including phenoxy) is 1. The van der Waals surface area contributed by atoms with E-state index in [-0.39, 0.29) is 11.8 Å². The summed E-state index contributed by atoms with van der Waals surface area (Å²) in [6.07, 6.45) is 1.98. The first-order valence-corrected chi connectivity index (χ1v) is 11.9. The molecule has 2 aromatic heterocycles. The van der Waals surface area contributed by atoms with Crippen LogP contribution in [0.4, 0.5) is 0 Å². The van der Waals surface area contributed by atoms with Crippen LogP contribution in [0.15, 0.2) is 46.9 Å². The predicted octanol–water partition coefficient (Wildman–Crippen LogP) is 5.21. The van der Waals surface area contributed by atoms with E-state index in [0.717, 1.165) is 41.1 Å². The van der Waals surface area contributed by atoms with Crippen LogP contribution >= 0.6 is 23.8 Å². The zero-order valence-corrected chi connectivity index (χ0v) is 20.2. The number of rotatable bonds is 6. The van der Waals surface area contributed by atoms with Crippen molar-refractivity contribution in [2.24, 2.45) is 0 Å². The van der Waals surface area contributed by atoms with E-state index in [4.69, 9.17) is 33.0 Å². The Morgan fingerprint density at radius 3 is 2.74 bits per heavy atom. The number of aromatic amines is 1. The molecule has 0 unspecified atom stereocenters. The summed E-state index contributed by atoms with van der Waals surface area (Å²) in [4.78, 5) is 19.5. The molecule has 1 aliphatic heterocycles. The van der Waals surface area contributed by atoms with Crippen molar-refractivity contribution in [3.63, 3.8) is 0 Å². The molecule has 0 bridgehead atoms. The summed E-state index contributed by atoms with van der Waals surface area (Å²) in [7, 11) is 1.63. The molecule has 8 nitrogen and oxygen atoms in total. The van der Waals surface area contributed by atoms with E-state index >= 15 is 0 Å². The summed E-state index contributed by atoms with van der Waals surface area (Å²) in [5.74, 6) is 2.49. The van der Waals surface area contributed by atoms with Gasteiger partial charge in [0.1, 0.15) is 11.3 Å². The Morgan fingerprint density at radius 1 is 1.24 bits per heavy atom. The minimum absolute atomic E-state index is 0.103. The zero-order valence-electron chi connectivity index (χ0n) is 18.7. The van der Waals surface area contributed by atoms with Gasteiger partial charge in [0.15, 0.2) is 22.1 Å². The van der Waals surface area contributed by atoms with Gasteiger partial charge in [-0.25, -0.2) is 4.98 Å². The second kappa shape index (κ2) is 9.60. The lowest BCUT2D eigenvalue weighted by atomic mass is 9.96. The topological polar surface area (TPSA) is 89.2 Å². The monoisotopic (exact) mass is 497 g/mol. The van der Waals surface area contributed by atoms with Crippen LogP contribution in [0.5, 0.6) is 5.75 Å². The maximum atomic E-state index is 12.9. The Kier molecular flexibility index (Phi) is 6.38. The molecule has 2 aromatic carbocycles. The molecule has 0 spiro atoms. The van der Waals surface area contributed by atoms with Crippen LogP contribution < -0.4 is 4.74 Å². The van der Waals surface area contributed by atoms with Crippen molar-refractivity contribution >= 4 is 40.8 Å². The number of hydrogen-bond acceptors (Lipinski definition) is 6. The molecule has 4 aromatic rings. The Bertz CT molecular complexity index is 1370. The quantitative estimate of drug-likeness (QED) is 0.368. The highest BCUT2D eigenvalue weighted by atomic mass is 35.5. The van der Waals surface area contributed by atoms with Gasteiger partial charge in [-0.1, -0.05) is 11.6 Å². The number of oxazole rings is 1. The molecule has 1 aliphatic rings. The number of amides is 1. The number of carbonyl (C=O) groups excluding carboxylic acids is 1. The second-order valence-electron chi connectivity index (χ2n) is 8.30. The molecular weight excluding hydrogens is 474 g/mol. The Labute approximate surface area is 206 Å². The second-order valence-corrected chi connectivity index (χ2v) is 9.12. The highest BCUT2D eigenvalue weighted by Gasteiger charge is 2.27. The molecule has 0 aliphatic carbocycles. The summed E-state index contributed by atoms with van der Waals surface area (Å²) in [5.41, 5.74) is 2.41. The largest absolute Gasteiger partial charge is 0.497 e. The number of methoxy groups -OCH3 is 1. The van der Waals surface area contributed by atoms with E-state index < -0.39 is 0 Å². The number of benzene rings is 2. The average molecular weight is 498 g/mol. The minimum Gasteiger partial charge on any atom is -0.497 e. The standard InChI is InChI=1S/C24H24ClN5O3S/c1-32-18-5-2-15(3-6-18)22-27-28-24(34)30(22)13-10-21(31)29-11-8-16(9-12-29)23-26-19-14-17(25)4-7-20(19)33-23/h2-7,14,16H,8-13H2,1H3,(H,28,34). The molecule has 1 saturated heterocycles. The molecule has 34 heavy (non-hydrogen) atoms. The first-order valence-electron chi connectivity index (χ1n) is 11.1. The number of aromatic nitrogens is 4. The van der Waals surface area contributed by atoms with Crippen molar-refractivity contribution in [2.45, 2.75) is 31.7 Å². The van der Waals surface area contributed by atoms with Crippen LogP contribution in [0.25, 0.3) is 22.5 Å². The van der Waals surface area contributed by atoms with Crippen LogP contribution in [0.3, 0.4) is 0 Å². The maximum Gasteiger partial charge on any atom is 0.224 e. The predicted molar refractivity (Wildman–Crippen MR) is 132 cm³/mol. The number of carbonyl (C=O) groups is 1. The number of halogens is 1. The van der Waals surface area contributed by atoms with Crippen molar-refractivity contribution in [1.29, 1.82) is 0 Å². The number of nitrogens with one attached hydrogen (secondary N) is 1. The molecule has 0 atom stereocenters. The summed E-state index contributed by atoms with van der Waals surface area (Å²) in [6, 6.07) is 13.0. The van der Waals surface area contributed by atoms with Gasteiger partial charge in [0.05, 0.1) is 7.11 Å². The van der Waals surface area contributed by atoms with Crippen molar-refractivity contribution in [1.82, 2.24) is 24.6 Å². The molecule has 0 saturated carbocycles. The highest BCUT2D eigenvalue weighted by Crippen LogP contribution is 2.31. The summed E-state index contributed by atoms with van der Waals surface area (Å²) >= 11 is 11.5. The molecule has 1 fully saturated rings. The van der Waals surface area contributed by atoms with E-state index in [1.165, 1.54) is 0 Å². The fourth-order valence-corrected chi connectivity index (χ4v) is 4.71. The van der Waals surface area contributed by atoms with Crippen LogP contribution in [-0.2, 0) is 11.3 Å². The number of piperidine rings is 1. The molecular formula is C24H24ClN5O3S. The summed E-state index contributed by atoms with van der Waals surface area (Å²) in [6.45, 7) is 1.80. The highest BCUT2D eigenvalue weighted by molar-refractivity contribution is 7.71. The van der Waals surface area contributed by atoms with Crippen molar-refractivity contribution in [2.75, 3.05) is 20.2 Å². The number of likely N-dealkylation sites (tertiary alicyclic amines) is 1. The summed E-state index contributed by atoms with van der Waals surface area (Å²) in [5, 5.41) is 7.83. The normalized spacial score (nSPS) is 14.6. The lowest BCUT2D eigenvalue weighted by Gasteiger charge is -2.30. The molecule has 1 N–H and O–H groups in total. The molecule has 0 radical (unpaired) electrons. The number of hydrogen-bond donors (Lipinski definition) is 1. The van der Waals surface area contributed by atoms with Gasteiger partial charge in [-0.15, -0.1) is 0 Å². The van der Waals surface area contributed by atoms with Gasteiger partial charge < -0.3 is 14.1 Å². The number of nitrogens with zero attached hydrogens (tertiary/aromatic N) is 4. The molecule has 1 amide bonds. The third kappa shape index (κ3) is 4.58. The third-order valence-corrected chi connectivity index (χ3v) is 6.77. The Hall–Kier alpha value is -3.17. The van der Waals surface area contributed by atoms with E-state index in [1.54, 1.807) is 13.2 Å². The van der Waals surface area contributed by atoms with Crippen LogP contribution in [0, 0.1) is 4.77 Å². The lowest BCUT2D eigenvalue weighted by molar-refractivity contribution is -0.132. The van der Waals surface area contributed by atoms with Gasteiger partial charge >= 0.3 is 0 Å². The van der Waals surface area contributed by atoms with E-state index in [1.807, 2.05) is 45.9 Å². The van der Waals surface area contributed by atoms with Gasteiger partial charge in [-0.05, 0) is 67.5 Å². The minimum atomic E-state index is 0.103. The van der Waals surface area contributed by atoms with Gasteiger partial charge in [-0.2, -0.15) is 5.10 Å². The van der Waals surface area contributed by atoms with Gasteiger partial charge in [-0.3, -0.25) is 14.5 Å². The number of fused-ring (bicyclic) bond motifs is 1. The van der Waals surface area contributed by atoms with Crippen molar-refractivity contribution < 1.29 is 13.9 Å². The van der Waals surface area contributed by atoms with E-state index in [0.29, 0.717) is 41.7 Å². The molecule has 10 heteroatoms. The molecule has 176 valence electrons. The smallest absolute Gasteiger partial charge is 0.224 e.